The van der Waals surface area contributed by atoms with Crippen molar-refractivity contribution in [1.29, 1.82) is 0 Å². The third-order valence-electron chi connectivity index (χ3n) is 4.44. The number of nitrogens with zero attached hydrogens (tertiary/aromatic N) is 2. The molecule has 0 bridgehead atoms. The number of aryl methyl sites for hydroxylation is 1. The Morgan fingerprint density at radius 3 is 2.52 bits per heavy atom. The smallest absolute Gasteiger partial charge is 0.221 e. The number of nitrogens with two attached hydrogens (primary N) is 1. The lowest BCUT2D eigenvalue weighted by atomic mass is 10.2. The molecule has 2 rings (SSSR count). The molecule has 1 atom stereocenters. The topological polar surface area (TPSA) is 61.6 Å². The molecule has 1 heterocycles. The lowest BCUT2D eigenvalue weighted by Gasteiger charge is -2.36. The first-order chi connectivity index (χ1) is 11.1. The van der Waals surface area contributed by atoms with E-state index in [0.29, 0.717) is 25.4 Å². The van der Waals surface area contributed by atoms with Crippen LogP contribution in [0.2, 0.25) is 0 Å². The molecule has 25 heavy (non-hydrogen) atoms. The van der Waals surface area contributed by atoms with Crippen LogP contribution < -0.4 is 16.0 Å². The van der Waals surface area contributed by atoms with Crippen molar-refractivity contribution in [2.75, 3.05) is 50.7 Å². The summed E-state index contributed by atoms with van der Waals surface area (Å²) in [5, 5.41) is 2.96. The summed E-state index contributed by atoms with van der Waals surface area (Å²) in [7, 11) is 0. The van der Waals surface area contributed by atoms with Crippen molar-refractivity contribution < 1.29 is 4.79 Å². The van der Waals surface area contributed by atoms with Crippen LogP contribution in [0.1, 0.15) is 18.9 Å². The molecule has 1 fully saturated rings. The van der Waals surface area contributed by atoms with Gasteiger partial charge in [-0.15, -0.1) is 24.8 Å². The van der Waals surface area contributed by atoms with Crippen molar-refractivity contribution in [2.24, 2.45) is 11.7 Å². The second kappa shape index (κ2) is 12.4. The van der Waals surface area contributed by atoms with E-state index < -0.39 is 0 Å². The van der Waals surface area contributed by atoms with Gasteiger partial charge in [0.05, 0.1) is 0 Å². The summed E-state index contributed by atoms with van der Waals surface area (Å²) in [6.07, 6.45) is 0.571. The Morgan fingerprint density at radius 1 is 1.24 bits per heavy atom. The first-order valence-electron chi connectivity index (χ1n) is 8.59. The van der Waals surface area contributed by atoms with Crippen LogP contribution >= 0.6 is 24.8 Å². The Balaban J connectivity index is 0.00000288. The monoisotopic (exact) mass is 390 g/mol. The molecular weight excluding hydrogens is 359 g/mol. The molecule has 1 aromatic rings. The molecule has 1 aromatic carbocycles. The molecule has 144 valence electrons. The van der Waals surface area contributed by atoms with E-state index in [1.807, 2.05) is 6.92 Å². The number of piperazine rings is 1. The SMILES string of the molecule is Cc1cccc(N2CCN(CCC(=O)NCC(C)CN)CC2)c1.Cl.Cl. The van der Waals surface area contributed by atoms with Gasteiger partial charge in [0.15, 0.2) is 0 Å². The van der Waals surface area contributed by atoms with Gasteiger partial charge in [-0.3, -0.25) is 9.69 Å². The zero-order valence-corrected chi connectivity index (χ0v) is 16.9. The minimum atomic E-state index is 0. The van der Waals surface area contributed by atoms with Gasteiger partial charge in [-0.2, -0.15) is 0 Å². The van der Waals surface area contributed by atoms with Gasteiger partial charge in [0, 0.05) is 51.4 Å². The number of anilines is 1. The Hall–Kier alpha value is -1.01. The number of carbonyl (C=O) groups excluding carboxylic acids is 1. The molecule has 0 aromatic heterocycles. The van der Waals surface area contributed by atoms with Gasteiger partial charge in [-0.25, -0.2) is 0 Å². The molecule has 0 radical (unpaired) electrons. The summed E-state index contributed by atoms with van der Waals surface area (Å²) in [4.78, 5) is 16.6. The average molecular weight is 391 g/mol. The van der Waals surface area contributed by atoms with E-state index in [4.69, 9.17) is 5.73 Å². The fraction of sp³-hybridized carbons (Fsp3) is 0.611. The molecule has 3 N–H and O–H groups in total. The van der Waals surface area contributed by atoms with Gasteiger partial charge in [0.25, 0.3) is 0 Å². The predicted octanol–water partition coefficient (Wildman–Crippen LogP) is 2.06. The minimum absolute atomic E-state index is 0. The van der Waals surface area contributed by atoms with Gasteiger partial charge in [-0.05, 0) is 37.1 Å². The number of nitrogens with one attached hydrogen (secondary N) is 1. The first kappa shape index (κ1) is 24.0. The standard InChI is InChI=1S/C18H30N4O.2ClH/c1-15-4-3-5-17(12-15)22-10-8-21(9-11-22)7-6-18(23)20-14-16(2)13-19;;/h3-5,12,16H,6-11,13-14,19H2,1-2H3,(H,20,23);2*1H. The van der Waals surface area contributed by atoms with Gasteiger partial charge in [0.2, 0.25) is 5.91 Å². The van der Waals surface area contributed by atoms with E-state index >= 15 is 0 Å². The number of hydrogen-bond donors (Lipinski definition) is 2. The van der Waals surface area contributed by atoms with Crippen molar-refractivity contribution in [1.82, 2.24) is 10.2 Å². The van der Waals surface area contributed by atoms with Crippen molar-refractivity contribution in [3.8, 4) is 0 Å². The summed E-state index contributed by atoms with van der Waals surface area (Å²) in [6, 6.07) is 8.66. The summed E-state index contributed by atoms with van der Waals surface area (Å²) in [5.41, 5.74) is 8.16. The molecule has 0 aliphatic carbocycles. The number of hydrogen-bond acceptors (Lipinski definition) is 4. The fourth-order valence-corrected chi connectivity index (χ4v) is 2.77. The maximum absolute atomic E-state index is 11.8. The lowest BCUT2D eigenvalue weighted by molar-refractivity contribution is -0.121. The van der Waals surface area contributed by atoms with Crippen molar-refractivity contribution in [3.63, 3.8) is 0 Å². The summed E-state index contributed by atoms with van der Waals surface area (Å²) in [5.74, 6) is 0.475. The second-order valence-electron chi connectivity index (χ2n) is 6.56. The maximum Gasteiger partial charge on any atom is 0.221 e. The van der Waals surface area contributed by atoms with Gasteiger partial charge < -0.3 is 16.0 Å². The minimum Gasteiger partial charge on any atom is -0.369 e. The predicted molar refractivity (Wildman–Crippen MR) is 110 cm³/mol. The zero-order valence-electron chi connectivity index (χ0n) is 15.2. The molecule has 5 nitrogen and oxygen atoms in total. The highest BCUT2D eigenvalue weighted by Crippen LogP contribution is 2.17. The summed E-state index contributed by atoms with van der Waals surface area (Å²) >= 11 is 0. The third-order valence-corrected chi connectivity index (χ3v) is 4.44. The van der Waals surface area contributed by atoms with E-state index in [9.17, 15) is 4.79 Å². The molecular formula is C18H32Cl2N4O. The van der Waals surface area contributed by atoms with Crippen LogP contribution in [0.3, 0.4) is 0 Å². The van der Waals surface area contributed by atoms with Crippen LogP contribution in [0.5, 0.6) is 0 Å². The Morgan fingerprint density at radius 2 is 1.92 bits per heavy atom. The molecule has 1 unspecified atom stereocenters. The van der Waals surface area contributed by atoms with E-state index in [0.717, 1.165) is 32.7 Å². The highest BCUT2D eigenvalue weighted by Gasteiger charge is 2.17. The van der Waals surface area contributed by atoms with Crippen molar-refractivity contribution >= 4 is 36.4 Å². The molecule has 1 aliphatic heterocycles. The quantitative estimate of drug-likeness (QED) is 0.747. The third kappa shape index (κ3) is 8.27. The van der Waals surface area contributed by atoms with Crippen LogP contribution in [-0.4, -0.2) is 56.6 Å². The molecule has 1 saturated heterocycles. The maximum atomic E-state index is 11.8. The van der Waals surface area contributed by atoms with E-state index in [-0.39, 0.29) is 30.7 Å². The van der Waals surface area contributed by atoms with Crippen LogP contribution in [0.4, 0.5) is 5.69 Å². The van der Waals surface area contributed by atoms with Gasteiger partial charge in [-0.1, -0.05) is 19.1 Å². The molecule has 0 saturated carbocycles. The highest BCUT2D eigenvalue weighted by atomic mass is 35.5. The van der Waals surface area contributed by atoms with Crippen LogP contribution in [0.25, 0.3) is 0 Å². The Kier molecular flexibility index (Phi) is 11.9. The molecule has 1 aliphatic rings. The first-order valence-corrected chi connectivity index (χ1v) is 8.59. The van der Waals surface area contributed by atoms with Crippen LogP contribution in [-0.2, 0) is 4.79 Å². The second-order valence-corrected chi connectivity index (χ2v) is 6.56. The number of halogens is 2. The van der Waals surface area contributed by atoms with Crippen LogP contribution in [0.15, 0.2) is 24.3 Å². The van der Waals surface area contributed by atoms with Crippen molar-refractivity contribution in [2.45, 2.75) is 20.3 Å². The van der Waals surface area contributed by atoms with E-state index in [1.54, 1.807) is 0 Å². The summed E-state index contributed by atoms with van der Waals surface area (Å²) in [6.45, 7) is 10.4. The number of carbonyl (C=O) groups is 1. The number of benzene rings is 1. The lowest BCUT2D eigenvalue weighted by Crippen LogP contribution is -2.47. The molecule has 7 heteroatoms. The van der Waals surface area contributed by atoms with Gasteiger partial charge >= 0.3 is 0 Å². The van der Waals surface area contributed by atoms with Crippen LogP contribution in [0, 0.1) is 12.8 Å². The van der Waals surface area contributed by atoms with E-state index in [2.05, 4.69) is 46.3 Å². The zero-order chi connectivity index (χ0) is 16.7. The average Bonchev–Trinajstić information content (AvgIpc) is 2.58. The van der Waals surface area contributed by atoms with E-state index in [1.165, 1.54) is 11.3 Å². The normalized spacial score (nSPS) is 15.7. The van der Waals surface area contributed by atoms with Crippen molar-refractivity contribution in [3.05, 3.63) is 29.8 Å². The fourth-order valence-electron chi connectivity index (χ4n) is 2.77. The summed E-state index contributed by atoms with van der Waals surface area (Å²) < 4.78 is 0. The Labute approximate surface area is 164 Å². The number of rotatable bonds is 7. The largest absolute Gasteiger partial charge is 0.369 e. The number of amides is 1. The Bertz CT molecular complexity index is 508. The molecule has 1 amide bonds. The highest BCUT2D eigenvalue weighted by molar-refractivity contribution is 5.85. The molecule has 0 spiro atoms. The van der Waals surface area contributed by atoms with Gasteiger partial charge in [0.1, 0.15) is 0 Å².